The SMILES string of the molecule is CC1CCC2(CC1)NC(=O)N(NC(=O)COC(=O)c1ccccc1OCc1ccc(Cl)cc1)C2=O. The van der Waals surface area contributed by atoms with E-state index in [1.165, 1.54) is 6.07 Å². The first-order valence-corrected chi connectivity index (χ1v) is 11.7. The van der Waals surface area contributed by atoms with Gasteiger partial charge in [-0.2, -0.15) is 5.01 Å². The van der Waals surface area contributed by atoms with E-state index in [-0.39, 0.29) is 17.9 Å². The molecule has 0 atom stereocenters. The standard InChI is InChI=1S/C25H26ClN3O6/c1-16-10-12-25(13-11-16)23(32)29(24(33)27-25)28-21(30)15-35-22(31)19-4-2-3-5-20(19)34-14-17-6-8-18(26)9-7-17/h2-9,16H,10-15H2,1H3,(H,27,33)(H,28,30). The normalized spacial score (nSPS) is 21.5. The van der Waals surface area contributed by atoms with Gasteiger partial charge in [0.25, 0.3) is 11.8 Å². The molecular formula is C25H26ClN3O6. The summed E-state index contributed by atoms with van der Waals surface area (Å²) >= 11 is 5.89. The van der Waals surface area contributed by atoms with Crippen LogP contribution < -0.4 is 15.5 Å². The molecule has 4 rings (SSSR count). The van der Waals surface area contributed by atoms with Gasteiger partial charge in [0.05, 0.1) is 0 Å². The molecule has 0 unspecified atom stereocenters. The molecule has 10 heteroatoms. The average molecular weight is 500 g/mol. The van der Waals surface area contributed by atoms with Crippen LogP contribution in [0.1, 0.15) is 48.5 Å². The summed E-state index contributed by atoms with van der Waals surface area (Å²) in [5, 5.41) is 4.00. The molecule has 1 heterocycles. The van der Waals surface area contributed by atoms with Gasteiger partial charge in [0.1, 0.15) is 23.5 Å². The van der Waals surface area contributed by atoms with Gasteiger partial charge in [-0.1, -0.05) is 42.8 Å². The van der Waals surface area contributed by atoms with Crippen LogP contribution in [-0.2, 0) is 20.9 Å². The largest absolute Gasteiger partial charge is 0.488 e. The van der Waals surface area contributed by atoms with Gasteiger partial charge in [-0.3, -0.25) is 15.0 Å². The highest BCUT2D eigenvalue weighted by molar-refractivity contribution is 6.30. The zero-order valence-electron chi connectivity index (χ0n) is 19.2. The number of nitrogens with zero attached hydrogens (tertiary/aromatic N) is 1. The van der Waals surface area contributed by atoms with Crippen molar-refractivity contribution in [3.05, 3.63) is 64.7 Å². The van der Waals surface area contributed by atoms with Crippen LogP contribution >= 0.6 is 11.6 Å². The maximum atomic E-state index is 12.8. The molecular weight excluding hydrogens is 474 g/mol. The Balaban J connectivity index is 1.32. The fourth-order valence-corrected chi connectivity index (χ4v) is 4.31. The van der Waals surface area contributed by atoms with Crippen LogP contribution in [0.5, 0.6) is 5.75 Å². The number of carbonyl (C=O) groups is 4. The van der Waals surface area contributed by atoms with E-state index < -0.39 is 36.0 Å². The van der Waals surface area contributed by atoms with Crippen LogP contribution in [0.4, 0.5) is 4.79 Å². The monoisotopic (exact) mass is 499 g/mol. The van der Waals surface area contributed by atoms with Crippen molar-refractivity contribution in [2.45, 2.75) is 44.8 Å². The Morgan fingerprint density at radius 2 is 1.80 bits per heavy atom. The Morgan fingerprint density at radius 1 is 1.11 bits per heavy atom. The second-order valence-corrected chi connectivity index (χ2v) is 9.29. The highest BCUT2D eigenvalue weighted by Crippen LogP contribution is 2.35. The number of para-hydroxylation sites is 1. The van der Waals surface area contributed by atoms with Crippen molar-refractivity contribution in [2.75, 3.05) is 6.61 Å². The fourth-order valence-electron chi connectivity index (χ4n) is 4.18. The van der Waals surface area contributed by atoms with Crippen LogP contribution in [0.3, 0.4) is 0 Å². The van der Waals surface area contributed by atoms with Crippen molar-refractivity contribution in [3.63, 3.8) is 0 Å². The smallest absolute Gasteiger partial charge is 0.344 e. The quantitative estimate of drug-likeness (QED) is 0.444. The van der Waals surface area contributed by atoms with Gasteiger partial charge >= 0.3 is 12.0 Å². The highest BCUT2D eigenvalue weighted by Gasteiger charge is 2.52. The third-order valence-electron chi connectivity index (χ3n) is 6.28. The first-order chi connectivity index (χ1) is 16.8. The highest BCUT2D eigenvalue weighted by atomic mass is 35.5. The van der Waals surface area contributed by atoms with Crippen LogP contribution in [0.15, 0.2) is 48.5 Å². The summed E-state index contributed by atoms with van der Waals surface area (Å²) in [6.45, 7) is 1.63. The van der Waals surface area contributed by atoms with E-state index in [0.717, 1.165) is 18.4 Å². The molecule has 0 bridgehead atoms. The Bertz CT molecular complexity index is 1130. The molecule has 184 valence electrons. The molecule has 35 heavy (non-hydrogen) atoms. The van der Waals surface area contributed by atoms with Crippen molar-refractivity contribution in [3.8, 4) is 5.75 Å². The molecule has 2 fully saturated rings. The lowest BCUT2D eigenvalue weighted by atomic mass is 9.77. The molecule has 2 aromatic rings. The third kappa shape index (κ3) is 5.57. The van der Waals surface area contributed by atoms with Crippen molar-refractivity contribution in [1.82, 2.24) is 15.8 Å². The van der Waals surface area contributed by atoms with Gasteiger partial charge < -0.3 is 14.8 Å². The van der Waals surface area contributed by atoms with Gasteiger partial charge in [0.2, 0.25) is 0 Å². The maximum absolute atomic E-state index is 12.8. The summed E-state index contributed by atoms with van der Waals surface area (Å²) in [5.74, 6) is -1.30. The first kappa shape index (κ1) is 24.5. The molecule has 9 nitrogen and oxygen atoms in total. The molecule has 0 aromatic heterocycles. The summed E-state index contributed by atoms with van der Waals surface area (Å²) in [6.07, 6.45) is 2.66. The van der Waals surface area contributed by atoms with E-state index in [1.807, 2.05) is 0 Å². The number of urea groups is 1. The van der Waals surface area contributed by atoms with Crippen molar-refractivity contribution in [2.24, 2.45) is 5.92 Å². The summed E-state index contributed by atoms with van der Waals surface area (Å²) in [7, 11) is 0. The lowest BCUT2D eigenvalue weighted by Gasteiger charge is -2.33. The molecule has 2 aromatic carbocycles. The van der Waals surface area contributed by atoms with Gasteiger partial charge in [-0.05, 0) is 61.4 Å². The summed E-state index contributed by atoms with van der Waals surface area (Å²) in [4.78, 5) is 50.2. The number of hydrogen-bond donors (Lipinski definition) is 2. The minimum Gasteiger partial charge on any atom is -0.488 e. The van der Waals surface area contributed by atoms with Crippen molar-refractivity contribution in [1.29, 1.82) is 0 Å². The van der Waals surface area contributed by atoms with Crippen LogP contribution in [0.2, 0.25) is 5.02 Å². The maximum Gasteiger partial charge on any atom is 0.344 e. The van der Waals surface area contributed by atoms with E-state index in [4.69, 9.17) is 21.1 Å². The lowest BCUT2D eigenvalue weighted by Crippen LogP contribution is -2.52. The minimum atomic E-state index is -0.978. The minimum absolute atomic E-state index is 0.138. The molecule has 2 aliphatic rings. The van der Waals surface area contributed by atoms with Gasteiger partial charge in [-0.15, -0.1) is 0 Å². The number of nitrogens with one attached hydrogen (secondary N) is 2. The molecule has 1 aliphatic carbocycles. The molecule has 1 spiro atoms. The van der Waals surface area contributed by atoms with Crippen molar-refractivity contribution < 1.29 is 28.7 Å². The lowest BCUT2D eigenvalue weighted by molar-refractivity contribution is -0.141. The van der Waals surface area contributed by atoms with E-state index in [1.54, 1.807) is 42.5 Å². The number of benzene rings is 2. The Morgan fingerprint density at radius 3 is 2.51 bits per heavy atom. The molecule has 4 amide bonds. The number of hydrazine groups is 1. The number of imide groups is 1. The van der Waals surface area contributed by atoms with E-state index in [0.29, 0.717) is 28.8 Å². The van der Waals surface area contributed by atoms with Gasteiger partial charge in [-0.25, -0.2) is 9.59 Å². The first-order valence-electron chi connectivity index (χ1n) is 11.4. The Kier molecular flexibility index (Phi) is 7.25. The van der Waals surface area contributed by atoms with Gasteiger partial charge in [0.15, 0.2) is 6.61 Å². The third-order valence-corrected chi connectivity index (χ3v) is 6.53. The zero-order chi connectivity index (χ0) is 25.0. The summed E-state index contributed by atoms with van der Waals surface area (Å²) in [5.41, 5.74) is 2.26. The number of amides is 4. The number of carbonyl (C=O) groups excluding carboxylic acids is 4. The number of rotatable bonds is 7. The molecule has 1 saturated carbocycles. The van der Waals surface area contributed by atoms with E-state index in [9.17, 15) is 19.2 Å². The average Bonchev–Trinajstić information content (AvgIpc) is 3.08. The molecule has 1 aliphatic heterocycles. The number of hydrogen-bond acceptors (Lipinski definition) is 6. The van der Waals surface area contributed by atoms with Crippen LogP contribution in [0, 0.1) is 5.92 Å². The Labute approximate surface area is 207 Å². The predicted molar refractivity (Wildman–Crippen MR) is 126 cm³/mol. The fraction of sp³-hybridized carbons (Fsp3) is 0.360. The second-order valence-electron chi connectivity index (χ2n) is 8.86. The van der Waals surface area contributed by atoms with Gasteiger partial charge in [0, 0.05) is 5.02 Å². The molecule has 2 N–H and O–H groups in total. The van der Waals surface area contributed by atoms with Crippen LogP contribution in [-0.4, -0.2) is 41.0 Å². The molecule has 0 radical (unpaired) electrons. The summed E-state index contributed by atoms with van der Waals surface area (Å²) < 4.78 is 10.9. The summed E-state index contributed by atoms with van der Waals surface area (Å²) in [6, 6.07) is 12.9. The van der Waals surface area contributed by atoms with Crippen LogP contribution in [0.25, 0.3) is 0 Å². The predicted octanol–water partition coefficient (Wildman–Crippen LogP) is 3.61. The topological polar surface area (TPSA) is 114 Å². The second kappa shape index (κ2) is 10.4. The number of esters is 1. The Hall–Kier alpha value is -3.59. The van der Waals surface area contributed by atoms with Crippen molar-refractivity contribution >= 4 is 35.4 Å². The van der Waals surface area contributed by atoms with E-state index >= 15 is 0 Å². The van der Waals surface area contributed by atoms with E-state index in [2.05, 4.69) is 17.7 Å². The number of ether oxygens (including phenoxy) is 2. The number of halogens is 1. The molecule has 1 saturated heterocycles. The zero-order valence-corrected chi connectivity index (χ0v) is 20.0.